The van der Waals surface area contributed by atoms with Crippen molar-refractivity contribution in [2.75, 3.05) is 17.4 Å². The topological polar surface area (TPSA) is 43.2 Å². The Bertz CT molecular complexity index is 1670. The van der Waals surface area contributed by atoms with E-state index in [1.54, 1.807) is 0 Å². The maximum atomic E-state index is 5.25. The first kappa shape index (κ1) is 21.4. The molecule has 0 aromatic heterocycles. The summed E-state index contributed by atoms with van der Waals surface area (Å²) in [5.41, 5.74) is 6.40. The van der Waals surface area contributed by atoms with Gasteiger partial charge in [-0.2, -0.15) is 0 Å². The summed E-state index contributed by atoms with van der Waals surface area (Å²) in [4.78, 5) is 10.5. The number of aliphatic imine (C=N–C) groups is 2. The van der Waals surface area contributed by atoms with Gasteiger partial charge in [-0.25, -0.2) is 20.0 Å². The molecule has 0 saturated heterocycles. The number of nitrogens with zero attached hydrogens (tertiary/aromatic N) is 4. The predicted octanol–water partition coefficient (Wildman–Crippen LogP) is 7.16. The molecule has 1 N–H and O–H groups in total. The molecule has 7 rings (SSSR count). The fourth-order valence-electron chi connectivity index (χ4n) is 5.30. The maximum absolute atomic E-state index is 5.25. The molecule has 0 aliphatic carbocycles. The summed E-state index contributed by atoms with van der Waals surface area (Å²) in [6, 6.07) is 42.0. The van der Waals surface area contributed by atoms with Crippen molar-refractivity contribution in [1.29, 1.82) is 0 Å². The van der Waals surface area contributed by atoms with Crippen LogP contribution in [0.15, 0.2) is 131 Å². The van der Waals surface area contributed by atoms with E-state index in [2.05, 4.69) is 112 Å². The van der Waals surface area contributed by atoms with E-state index in [1.165, 1.54) is 10.8 Å². The normalized spacial score (nSPS) is 16.2. The first-order valence-corrected chi connectivity index (χ1v) is 12.5. The molecule has 0 saturated carbocycles. The largest absolute Gasteiger partial charge is 0.386 e. The zero-order valence-corrected chi connectivity index (χ0v) is 20.4. The smallest absolute Gasteiger partial charge is 0.170 e. The molecule has 0 fully saturated rings. The Kier molecular flexibility index (Phi) is 5.00. The number of hydrazine groups is 1. The lowest BCUT2D eigenvalue weighted by Gasteiger charge is -2.39. The number of benzene rings is 5. The van der Waals surface area contributed by atoms with Crippen LogP contribution < -0.4 is 10.3 Å². The molecule has 1 atom stereocenters. The van der Waals surface area contributed by atoms with Crippen LogP contribution in [0.5, 0.6) is 0 Å². The van der Waals surface area contributed by atoms with Gasteiger partial charge in [-0.1, -0.05) is 103 Å². The van der Waals surface area contributed by atoms with Gasteiger partial charge in [0.15, 0.2) is 17.8 Å². The van der Waals surface area contributed by atoms with Gasteiger partial charge >= 0.3 is 0 Å². The first-order valence-electron chi connectivity index (χ1n) is 12.5. The molecule has 178 valence electrons. The highest BCUT2D eigenvalue weighted by atomic mass is 15.7. The number of rotatable bonds is 4. The molecule has 37 heavy (non-hydrogen) atoms. The molecular formula is C32H25N5. The number of hydrogen-bond donors (Lipinski definition) is 1. The zero-order chi connectivity index (χ0) is 24.8. The van der Waals surface area contributed by atoms with Crippen molar-refractivity contribution >= 4 is 39.5 Å². The van der Waals surface area contributed by atoms with Gasteiger partial charge in [-0.05, 0) is 29.1 Å². The van der Waals surface area contributed by atoms with Crippen LogP contribution in [0.1, 0.15) is 22.9 Å². The monoisotopic (exact) mass is 479 g/mol. The van der Waals surface area contributed by atoms with Crippen LogP contribution in [0.3, 0.4) is 0 Å². The second-order valence-electron chi connectivity index (χ2n) is 9.14. The molecule has 0 bridgehead atoms. The van der Waals surface area contributed by atoms with Crippen molar-refractivity contribution in [1.82, 2.24) is 5.01 Å². The SMILES string of the molecule is CNc1ccccc1N1c2c(ccc3ccccc23)C2=NC(c3ccccc3)=NC(c3ccccc3)N21. The van der Waals surface area contributed by atoms with E-state index >= 15 is 0 Å². The average Bonchev–Trinajstić information content (AvgIpc) is 3.32. The second-order valence-corrected chi connectivity index (χ2v) is 9.14. The summed E-state index contributed by atoms with van der Waals surface area (Å²) < 4.78 is 0. The number of hydrogen-bond acceptors (Lipinski definition) is 5. The van der Waals surface area contributed by atoms with Gasteiger partial charge in [-0.15, -0.1) is 0 Å². The highest BCUT2D eigenvalue weighted by Crippen LogP contribution is 2.49. The maximum Gasteiger partial charge on any atom is 0.170 e. The second kappa shape index (κ2) is 8.64. The standard InChI is InChI=1S/C32H25N5/c1-33-27-18-10-11-19-28(27)36-29-25-17-9-8-12-22(25)20-21-26(29)32-35-30(23-13-4-2-5-14-23)34-31(37(32)36)24-15-6-3-7-16-24/h2-21,31,33H,1H3. The van der Waals surface area contributed by atoms with Gasteiger partial charge in [0.25, 0.3) is 0 Å². The van der Waals surface area contributed by atoms with Gasteiger partial charge in [0.1, 0.15) is 0 Å². The molecule has 2 aliphatic rings. The molecule has 0 amide bonds. The molecule has 5 nitrogen and oxygen atoms in total. The zero-order valence-electron chi connectivity index (χ0n) is 20.4. The Morgan fingerprint density at radius 1 is 0.703 bits per heavy atom. The lowest BCUT2D eigenvalue weighted by atomic mass is 10.0. The van der Waals surface area contributed by atoms with Crippen LogP contribution in [-0.4, -0.2) is 23.7 Å². The third-order valence-corrected chi connectivity index (χ3v) is 7.01. The number of anilines is 3. The summed E-state index contributed by atoms with van der Waals surface area (Å²) in [6.45, 7) is 0. The average molecular weight is 480 g/mol. The minimum atomic E-state index is -0.292. The van der Waals surface area contributed by atoms with Crippen molar-refractivity contribution in [3.05, 3.63) is 138 Å². The lowest BCUT2D eigenvalue weighted by Crippen LogP contribution is -2.43. The third-order valence-electron chi connectivity index (χ3n) is 7.01. The Labute approximate surface area is 216 Å². The van der Waals surface area contributed by atoms with Crippen molar-refractivity contribution in [2.24, 2.45) is 9.98 Å². The van der Waals surface area contributed by atoms with Crippen molar-refractivity contribution < 1.29 is 0 Å². The van der Waals surface area contributed by atoms with Crippen LogP contribution in [0.4, 0.5) is 17.1 Å². The van der Waals surface area contributed by atoms with E-state index < -0.39 is 0 Å². The first-order chi connectivity index (χ1) is 18.3. The lowest BCUT2D eigenvalue weighted by molar-refractivity contribution is 0.337. The van der Waals surface area contributed by atoms with Crippen molar-refractivity contribution in [3.63, 3.8) is 0 Å². The Balaban J connectivity index is 1.55. The van der Waals surface area contributed by atoms with Crippen LogP contribution in [0.2, 0.25) is 0 Å². The van der Waals surface area contributed by atoms with Crippen molar-refractivity contribution in [3.8, 4) is 0 Å². The highest BCUT2D eigenvalue weighted by Gasteiger charge is 2.43. The fraction of sp³-hybridized carbons (Fsp3) is 0.0625. The number of fused-ring (bicyclic) bond motifs is 5. The van der Waals surface area contributed by atoms with E-state index in [1.807, 2.05) is 31.3 Å². The molecule has 1 unspecified atom stereocenters. The molecular weight excluding hydrogens is 454 g/mol. The molecule has 5 heteroatoms. The van der Waals surface area contributed by atoms with Crippen molar-refractivity contribution in [2.45, 2.75) is 6.17 Å². The van der Waals surface area contributed by atoms with Crippen LogP contribution in [0, 0.1) is 0 Å². The number of nitrogens with one attached hydrogen (secondary N) is 1. The van der Waals surface area contributed by atoms with Gasteiger partial charge in [0.2, 0.25) is 0 Å². The van der Waals surface area contributed by atoms with Gasteiger partial charge in [0.05, 0.1) is 17.1 Å². The van der Waals surface area contributed by atoms with E-state index in [-0.39, 0.29) is 6.17 Å². The molecule has 0 radical (unpaired) electrons. The highest BCUT2D eigenvalue weighted by molar-refractivity contribution is 6.22. The Morgan fingerprint density at radius 3 is 2.22 bits per heavy atom. The molecule has 0 spiro atoms. The quantitative estimate of drug-likeness (QED) is 0.297. The molecule has 2 aliphatic heterocycles. The Morgan fingerprint density at radius 2 is 1.41 bits per heavy atom. The van der Waals surface area contributed by atoms with Gasteiger partial charge in [-0.3, -0.25) is 0 Å². The van der Waals surface area contributed by atoms with E-state index in [0.717, 1.165) is 45.4 Å². The summed E-state index contributed by atoms with van der Waals surface area (Å²) in [6.07, 6.45) is -0.292. The van der Waals surface area contributed by atoms with Crippen LogP contribution in [-0.2, 0) is 0 Å². The molecule has 2 heterocycles. The molecule has 5 aromatic carbocycles. The van der Waals surface area contributed by atoms with Gasteiger partial charge < -0.3 is 5.32 Å². The third kappa shape index (κ3) is 3.39. The minimum absolute atomic E-state index is 0.292. The minimum Gasteiger partial charge on any atom is -0.386 e. The number of para-hydroxylation sites is 2. The predicted molar refractivity (Wildman–Crippen MR) is 153 cm³/mol. The van der Waals surface area contributed by atoms with Crippen LogP contribution in [0.25, 0.3) is 10.8 Å². The fourth-order valence-corrected chi connectivity index (χ4v) is 5.30. The van der Waals surface area contributed by atoms with Crippen LogP contribution >= 0.6 is 0 Å². The summed E-state index contributed by atoms with van der Waals surface area (Å²) >= 11 is 0. The summed E-state index contributed by atoms with van der Waals surface area (Å²) in [5, 5.41) is 10.3. The van der Waals surface area contributed by atoms with E-state index in [0.29, 0.717) is 0 Å². The summed E-state index contributed by atoms with van der Waals surface area (Å²) in [7, 11) is 1.96. The molecule has 5 aromatic rings. The van der Waals surface area contributed by atoms with E-state index in [9.17, 15) is 0 Å². The number of amidine groups is 2. The summed E-state index contributed by atoms with van der Waals surface area (Å²) in [5.74, 6) is 1.64. The van der Waals surface area contributed by atoms with Gasteiger partial charge in [0, 0.05) is 23.6 Å². The van der Waals surface area contributed by atoms with E-state index in [4.69, 9.17) is 9.98 Å². The Hall–Kier alpha value is -4.90.